The van der Waals surface area contributed by atoms with Crippen LogP contribution in [0.5, 0.6) is 5.75 Å². The first-order chi connectivity index (χ1) is 12.5. The summed E-state index contributed by atoms with van der Waals surface area (Å²) in [5.74, 6) is 0.256. The normalized spacial score (nSPS) is 14.8. The third-order valence-corrected chi connectivity index (χ3v) is 4.77. The van der Waals surface area contributed by atoms with Crippen LogP contribution in [-0.2, 0) is 0 Å². The summed E-state index contributed by atoms with van der Waals surface area (Å²) in [5.41, 5.74) is 0.352. The largest absolute Gasteiger partial charge is 0.415 e. The summed E-state index contributed by atoms with van der Waals surface area (Å²) in [4.78, 5) is 26.2. The van der Waals surface area contributed by atoms with E-state index in [9.17, 15) is 9.59 Å². The van der Waals surface area contributed by atoms with Crippen molar-refractivity contribution in [2.24, 2.45) is 0 Å². The van der Waals surface area contributed by atoms with E-state index >= 15 is 0 Å². The summed E-state index contributed by atoms with van der Waals surface area (Å²) in [5, 5.41) is 3.77. The van der Waals surface area contributed by atoms with Crippen molar-refractivity contribution in [3.63, 3.8) is 0 Å². The molecule has 2 amide bonds. The molecule has 136 valence electrons. The molecule has 7 heteroatoms. The van der Waals surface area contributed by atoms with E-state index in [-0.39, 0.29) is 18.0 Å². The fourth-order valence-corrected chi connectivity index (χ4v) is 3.17. The van der Waals surface area contributed by atoms with Crippen molar-refractivity contribution in [2.45, 2.75) is 18.9 Å². The molecule has 0 atom stereocenters. The zero-order valence-electron chi connectivity index (χ0n) is 14.0. The van der Waals surface area contributed by atoms with Gasteiger partial charge in [0.1, 0.15) is 5.75 Å². The number of rotatable bonds is 3. The van der Waals surface area contributed by atoms with Crippen LogP contribution in [0.1, 0.15) is 23.2 Å². The monoisotopic (exact) mass is 392 g/mol. The molecule has 5 nitrogen and oxygen atoms in total. The number of hydrogen-bond donors (Lipinski definition) is 1. The van der Waals surface area contributed by atoms with E-state index < -0.39 is 0 Å². The van der Waals surface area contributed by atoms with Crippen molar-refractivity contribution in [3.05, 3.63) is 64.1 Å². The van der Waals surface area contributed by atoms with Gasteiger partial charge >= 0.3 is 6.09 Å². The number of piperidine rings is 1. The lowest BCUT2D eigenvalue weighted by atomic mass is 10.0. The molecular weight excluding hydrogens is 375 g/mol. The molecule has 0 aliphatic carbocycles. The van der Waals surface area contributed by atoms with Crippen molar-refractivity contribution in [3.8, 4) is 5.75 Å². The molecule has 0 radical (unpaired) electrons. The Kier molecular flexibility index (Phi) is 6.01. The first-order valence-corrected chi connectivity index (χ1v) is 9.06. The van der Waals surface area contributed by atoms with E-state index in [1.54, 1.807) is 35.2 Å². The first-order valence-electron chi connectivity index (χ1n) is 8.30. The minimum Gasteiger partial charge on any atom is -0.410 e. The zero-order chi connectivity index (χ0) is 18.5. The molecule has 0 spiro atoms. The highest BCUT2D eigenvalue weighted by molar-refractivity contribution is 6.35. The van der Waals surface area contributed by atoms with Gasteiger partial charge in [-0.05, 0) is 43.2 Å². The van der Waals surface area contributed by atoms with Crippen LogP contribution in [0.25, 0.3) is 0 Å². The Morgan fingerprint density at radius 3 is 2.42 bits per heavy atom. The van der Waals surface area contributed by atoms with Crippen molar-refractivity contribution in [1.29, 1.82) is 0 Å². The highest BCUT2D eigenvalue weighted by Gasteiger charge is 2.25. The third-order valence-electron chi connectivity index (χ3n) is 4.21. The maximum atomic E-state index is 12.4. The quantitative estimate of drug-likeness (QED) is 0.842. The van der Waals surface area contributed by atoms with Gasteiger partial charge in [-0.15, -0.1) is 0 Å². The van der Waals surface area contributed by atoms with Gasteiger partial charge in [-0.25, -0.2) is 4.79 Å². The zero-order valence-corrected chi connectivity index (χ0v) is 15.5. The summed E-state index contributed by atoms with van der Waals surface area (Å²) < 4.78 is 5.34. The van der Waals surface area contributed by atoms with Crippen LogP contribution in [0.3, 0.4) is 0 Å². The lowest BCUT2D eigenvalue weighted by Crippen LogP contribution is -2.47. The number of carbonyl (C=O) groups excluding carboxylic acids is 2. The Morgan fingerprint density at radius 1 is 1.04 bits per heavy atom. The molecule has 1 heterocycles. The summed E-state index contributed by atoms with van der Waals surface area (Å²) in [6.07, 6.45) is 0.917. The minimum absolute atomic E-state index is 0.0293. The van der Waals surface area contributed by atoms with Gasteiger partial charge in [0.25, 0.3) is 5.91 Å². The maximum Gasteiger partial charge on any atom is 0.415 e. The smallest absolute Gasteiger partial charge is 0.410 e. The molecule has 2 aromatic carbocycles. The number of hydrogen-bond acceptors (Lipinski definition) is 3. The van der Waals surface area contributed by atoms with Gasteiger partial charge in [-0.3, -0.25) is 4.79 Å². The summed E-state index contributed by atoms with van der Waals surface area (Å²) in [6, 6.07) is 13.7. The fourth-order valence-electron chi connectivity index (χ4n) is 2.79. The van der Waals surface area contributed by atoms with Crippen LogP contribution >= 0.6 is 23.2 Å². The average Bonchev–Trinajstić information content (AvgIpc) is 2.65. The second-order valence-electron chi connectivity index (χ2n) is 6.04. The Hall–Kier alpha value is -2.24. The van der Waals surface area contributed by atoms with Crippen LogP contribution in [-0.4, -0.2) is 36.0 Å². The maximum absolute atomic E-state index is 12.4. The van der Waals surface area contributed by atoms with Crippen molar-refractivity contribution < 1.29 is 14.3 Å². The molecule has 0 unspecified atom stereocenters. The van der Waals surface area contributed by atoms with Gasteiger partial charge in [-0.1, -0.05) is 41.4 Å². The first kappa shape index (κ1) is 18.5. The van der Waals surface area contributed by atoms with Gasteiger partial charge in [0.15, 0.2) is 0 Å². The predicted molar refractivity (Wildman–Crippen MR) is 101 cm³/mol. The number of para-hydroxylation sites is 1. The average molecular weight is 393 g/mol. The summed E-state index contributed by atoms with van der Waals surface area (Å²) >= 11 is 12.0. The number of nitrogens with one attached hydrogen (secondary N) is 1. The van der Waals surface area contributed by atoms with Crippen molar-refractivity contribution >= 4 is 35.2 Å². The van der Waals surface area contributed by atoms with Crippen molar-refractivity contribution in [1.82, 2.24) is 10.2 Å². The summed E-state index contributed by atoms with van der Waals surface area (Å²) in [6.45, 7) is 1.03. The van der Waals surface area contributed by atoms with Gasteiger partial charge in [-0.2, -0.15) is 0 Å². The molecule has 2 aromatic rings. The number of ether oxygens (including phenoxy) is 1. The predicted octanol–water partition coefficient (Wildman–Crippen LogP) is 4.39. The van der Waals surface area contributed by atoms with Gasteiger partial charge in [0.05, 0.1) is 10.6 Å². The molecule has 0 aromatic heterocycles. The molecule has 26 heavy (non-hydrogen) atoms. The topological polar surface area (TPSA) is 58.6 Å². The van der Waals surface area contributed by atoms with E-state index in [2.05, 4.69) is 5.32 Å². The Morgan fingerprint density at radius 2 is 1.73 bits per heavy atom. The van der Waals surface area contributed by atoms with Crippen LogP contribution in [0, 0.1) is 0 Å². The highest BCUT2D eigenvalue weighted by Crippen LogP contribution is 2.21. The van der Waals surface area contributed by atoms with Crippen LogP contribution in [0.2, 0.25) is 10.0 Å². The van der Waals surface area contributed by atoms with Gasteiger partial charge in [0.2, 0.25) is 0 Å². The van der Waals surface area contributed by atoms with E-state index in [1.165, 1.54) is 0 Å². The molecule has 1 aliphatic rings. The standard InChI is InChI=1S/C19H18Cl2N2O3/c20-13-6-7-17(21)16(12-13)18(24)22-14-8-10-23(11-9-14)19(25)26-15-4-2-1-3-5-15/h1-7,12,14H,8-11H2,(H,22,24). The van der Waals surface area contributed by atoms with E-state index in [4.69, 9.17) is 27.9 Å². The number of nitrogens with zero attached hydrogens (tertiary/aromatic N) is 1. The molecule has 0 saturated carbocycles. The molecule has 1 N–H and O–H groups in total. The fraction of sp³-hybridized carbons (Fsp3) is 0.263. The van der Waals surface area contributed by atoms with Gasteiger partial charge < -0.3 is 15.0 Å². The molecule has 1 aliphatic heterocycles. The SMILES string of the molecule is O=C(NC1CCN(C(=O)Oc2ccccc2)CC1)c1cc(Cl)ccc1Cl. The lowest BCUT2D eigenvalue weighted by molar-refractivity contribution is 0.0910. The minimum atomic E-state index is -0.376. The number of likely N-dealkylation sites (tertiary alicyclic amines) is 1. The molecule has 3 rings (SSSR count). The molecule has 1 saturated heterocycles. The third kappa shape index (κ3) is 4.68. The number of benzene rings is 2. The van der Waals surface area contributed by atoms with E-state index in [0.29, 0.717) is 47.3 Å². The highest BCUT2D eigenvalue weighted by atomic mass is 35.5. The number of carbonyl (C=O) groups is 2. The molecule has 1 fully saturated rings. The van der Waals surface area contributed by atoms with E-state index in [0.717, 1.165) is 0 Å². The second kappa shape index (κ2) is 8.43. The van der Waals surface area contributed by atoms with E-state index in [1.807, 2.05) is 18.2 Å². The van der Waals surface area contributed by atoms with Crippen LogP contribution < -0.4 is 10.1 Å². The Balaban J connectivity index is 1.51. The molecular formula is C19H18Cl2N2O3. The van der Waals surface area contributed by atoms with Crippen LogP contribution in [0.15, 0.2) is 48.5 Å². The van der Waals surface area contributed by atoms with Gasteiger partial charge in [0, 0.05) is 24.2 Å². The number of amides is 2. The van der Waals surface area contributed by atoms with Crippen molar-refractivity contribution in [2.75, 3.05) is 13.1 Å². The van der Waals surface area contributed by atoms with Crippen LogP contribution in [0.4, 0.5) is 4.79 Å². The summed E-state index contributed by atoms with van der Waals surface area (Å²) in [7, 11) is 0. The number of halogens is 2. The Labute approximate surface area is 161 Å². The second-order valence-corrected chi connectivity index (χ2v) is 6.88. The lowest BCUT2D eigenvalue weighted by Gasteiger charge is -2.31. The molecule has 0 bridgehead atoms. The Bertz CT molecular complexity index is 791.